The molecular weight excluding hydrogens is 645 g/mol. The van der Waals surface area contributed by atoms with E-state index < -0.39 is 0 Å². The number of aromatic nitrogens is 4. The minimum atomic E-state index is 0.692. The van der Waals surface area contributed by atoms with Crippen LogP contribution in [0.15, 0.2) is 182 Å². The fourth-order valence-corrected chi connectivity index (χ4v) is 7.69. The fourth-order valence-electron chi connectivity index (χ4n) is 7.69. The maximum atomic E-state index is 4.94. The molecule has 0 saturated carbocycles. The van der Waals surface area contributed by atoms with Crippen molar-refractivity contribution >= 4 is 43.7 Å². The minimum Gasteiger partial charge on any atom is -0.309 e. The van der Waals surface area contributed by atoms with Crippen molar-refractivity contribution < 1.29 is 0 Å². The largest absolute Gasteiger partial charge is 0.309 e. The molecule has 0 atom stereocenters. The number of allylic oxidation sites excluding steroid dienone is 4. The third-order valence-corrected chi connectivity index (χ3v) is 10.4. The molecule has 2 heterocycles. The van der Waals surface area contributed by atoms with E-state index in [-0.39, 0.29) is 0 Å². The predicted octanol–water partition coefficient (Wildman–Crippen LogP) is 12.4. The molecule has 4 heteroatoms. The molecule has 0 unspecified atom stereocenters. The quantitative estimate of drug-likeness (QED) is 0.176. The van der Waals surface area contributed by atoms with Crippen LogP contribution in [0.1, 0.15) is 24.2 Å². The van der Waals surface area contributed by atoms with Crippen LogP contribution in [0.3, 0.4) is 0 Å². The van der Waals surface area contributed by atoms with Gasteiger partial charge in [0, 0.05) is 33.0 Å². The van der Waals surface area contributed by atoms with Crippen molar-refractivity contribution in [2.75, 3.05) is 0 Å². The Bertz CT molecular complexity index is 2790. The molecule has 1 aliphatic rings. The van der Waals surface area contributed by atoms with Crippen LogP contribution < -0.4 is 0 Å². The van der Waals surface area contributed by atoms with E-state index in [1.807, 2.05) is 60.7 Å². The number of hydrogen-bond donors (Lipinski definition) is 0. The summed E-state index contributed by atoms with van der Waals surface area (Å²) >= 11 is 0. The van der Waals surface area contributed by atoms with E-state index in [2.05, 4.69) is 126 Å². The van der Waals surface area contributed by atoms with Gasteiger partial charge in [0.15, 0.2) is 17.5 Å². The summed E-state index contributed by atoms with van der Waals surface area (Å²) in [5.41, 5.74) is 11.7. The Morgan fingerprint density at radius 3 is 1.55 bits per heavy atom. The van der Waals surface area contributed by atoms with Gasteiger partial charge in [-0.1, -0.05) is 164 Å². The lowest BCUT2D eigenvalue weighted by molar-refractivity contribution is 0.985. The van der Waals surface area contributed by atoms with Crippen molar-refractivity contribution in [2.45, 2.75) is 12.8 Å². The predicted molar refractivity (Wildman–Crippen MR) is 220 cm³/mol. The average molecular weight is 679 g/mol. The van der Waals surface area contributed by atoms with E-state index in [0.717, 1.165) is 41.1 Å². The SMILES string of the molecule is C1=C(c2ccc(-c3ccc(-n4c5ccccc5c5ccc6ccccc6c54)cc3)cc2)CCC(c2nc(-c3ccccc3)nc(-c3ccccc3)n2)=C1. The van der Waals surface area contributed by atoms with E-state index in [1.165, 1.54) is 54.8 Å². The third kappa shape index (κ3) is 5.62. The van der Waals surface area contributed by atoms with Crippen LogP contribution in [0.5, 0.6) is 0 Å². The Balaban J connectivity index is 0.941. The lowest BCUT2D eigenvalue weighted by atomic mass is 9.92. The molecule has 10 rings (SSSR count). The first-order valence-corrected chi connectivity index (χ1v) is 18.2. The second-order valence-corrected chi connectivity index (χ2v) is 13.6. The van der Waals surface area contributed by atoms with Crippen LogP contribution >= 0.6 is 0 Å². The molecule has 2 aromatic heterocycles. The first-order valence-electron chi connectivity index (χ1n) is 18.2. The first kappa shape index (κ1) is 30.9. The molecule has 0 amide bonds. The van der Waals surface area contributed by atoms with E-state index in [1.54, 1.807) is 0 Å². The number of nitrogens with zero attached hydrogens (tertiary/aromatic N) is 4. The summed E-state index contributed by atoms with van der Waals surface area (Å²) in [5, 5.41) is 5.07. The number of para-hydroxylation sites is 1. The molecule has 0 saturated heterocycles. The van der Waals surface area contributed by atoms with Gasteiger partial charge in [0.2, 0.25) is 0 Å². The Labute approximate surface area is 308 Å². The topological polar surface area (TPSA) is 43.6 Å². The third-order valence-electron chi connectivity index (χ3n) is 10.4. The lowest BCUT2D eigenvalue weighted by Crippen LogP contribution is -2.04. The Morgan fingerprint density at radius 2 is 0.887 bits per heavy atom. The van der Waals surface area contributed by atoms with Crippen LogP contribution in [-0.2, 0) is 0 Å². The van der Waals surface area contributed by atoms with Crippen molar-refractivity contribution in [3.8, 4) is 39.6 Å². The zero-order chi connectivity index (χ0) is 35.1. The smallest absolute Gasteiger partial charge is 0.164 e. The second-order valence-electron chi connectivity index (χ2n) is 13.6. The van der Waals surface area contributed by atoms with Crippen molar-refractivity contribution in [3.05, 3.63) is 193 Å². The highest BCUT2D eigenvalue weighted by molar-refractivity contribution is 6.18. The molecule has 0 aliphatic heterocycles. The van der Waals surface area contributed by atoms with Crippen molar-refractivity contribution in [1.82, 2.24) is 19.5 Å². The molecular formula is C49H34N4. The maximum absolute atomic E-state index is 4.94. The van der Waals surface area contributed by atoms with Crippen molar-refractivity contribution in [1.29, 1.82) is 0 Å². The van der Waals surface area contributed by atoms with Gasteiger partial charge in [0.1, 0.15) is 0 Å². The summed E-state index contributed by atoms with van der Waals surface area (Å²) in [6.07, 6.45) is 6.19. The number of fused-ring (bicyclic) bond motifs is 5. The molecule has 0 radical (unpaired) electrons. The van der Waals surface area contributed by atoms with Gasteiger partial charge in [-0.3, -0.25) is 0 Å². The summed E-state index contributed by atoms with van der Waals surface area (Å²) in [6, 6.07) is 60.1. The fraction of sp³-hybridized carbons (Fsp3) is 0.0408. The zero-order valence-corrected chi connectivity index (χ0v) is 29.0. The Kier molecular flexibility index (Phi) is 7.58. The molecule has 0 fully saturated rings. The van der Waals surface area contributed by atoms with Gasteiger partial charge in [-0.15, -0.1) is 0 Å². The van der Waals surface area contributed by atoms with Gasteiger partial charge in [0.25, 0.3) is 0 Å². The van der Waals surface area contributed by atoms with Crippen LogP contribution in [-0.4, -0.2) is 19.5 Å². The van der Waals surface area contributed by atoms with E-state index in [4.69, 9.17) is 15.0 Å². The molecule has 9 aromatic rings. The van der Waals surface area contributed by atoms with Crippen LogP contribution in [0.2, 0.25) is 0 Å². The number of hydrogen-bond acceptors (Lipinski definition) is 3. The summed E-state index contributed by atoms with van der Waals surface area (Å²) in [4.78, 5) is 14.7. The van der Waals surface area contributed by atoms with Gasteiger partial charge < -0.3 is 4.57 Å². The summed E-state index contributed by atoms with van der Waals surface area (Å²) in [7, 11) is 0. The Morgan fingerprint density at radius 1 is 0.358 bits per heavy atom. The van der Waals surface area contributed by atoms with E-state index in [0.29, 0.717) is 11.6 Å². The molecule has 1 aliphatic carbocycles. The van der Waals surface area contributed by atoms with Gasteiger partial charge in [0.05, 0.1) is 11.0 Å². The van der Waals surface area contributed by atoms with E-state index >= 15 is 0 Å². The zero-order valence-electron chi connectivity index (χ0n) is 29.0. The van der Waals surface area contributed by atoms with Crippen LogP contribution in [0.25, 0.3) is 83.3 Å². The lowest BCUT2D eigenvalue weighted by Gasteiger charge is -2.16. The molecule has 0 N–H and O–H groups in total. The summed E-state index contributed by atoms with van der Waals surface area (Å²) < 4.78 is 2.42. The van der Waals surface area contributed by atoms with Gasteiger partial charge in [-0.2, -0.15) is 0 Å². The normalized spacial score (nSPS) is 13.0. The Hall–Kier alpha value is -6.91. The molecule has 250 valence electrons. The van der Waals surface area contributed by atoms with Gasteiger partial charge >= 0.3 is 0 Å². The average Bonchev–Trinajstić information content (AvgIpc) is 3.59. The molecule has 7 aromatic carbocycles. The minimum absolute atomic E-state index is 0.692. The maximum Gasteiger partial charge on any atom is 0.164 e. The van der Waals surface area contributed by atoms with E-state index in [9.17, 15) is 0 Å². The number of rotatable bonds is 6. The highest BCUT2D eigenvalue weighted by atomic mass is 15.0. The first-order chi connectivity index (χ1) is 26.3. The second kappa shape index (κ2) is 13.0. The van der Waals surface area contributed by atoms with Crippen LogP contribution in [0, 0.1) is 0 Å². The van der Waals surface area contributed by atoms with Crippen molar-refractivity contribution in [2.24, 2.45) is 0 Å². The monoisotopic (exact) mass is 678 g/mol. The van der Waals surface area contributed by atoms with Crippen LogP contribution in [0.4, 0.5) is 0 Å². The summed E-state index contributed by atoms with van der Waals surface area (Å²) in [5.74, 6) is 2.12. The van der Waals surface area contributed by atoms with Gasteiger partial charge in [-0.25, -0.2) is 15.0 Å². The molecule has 0 spiro atoms. The molecule has 53 heavy (non-hydrogen) atoms. The highest BCUT2D eigenvalue weighted by Crippen LogP contribution is 2.37. The highest BCUT2D eigenvalue weighted by Gasteiger charge is 2.18. The van der Waals surface area contributed by atoms with Crippen molar-refractivity contribution in [3.63, 3.8) is 0 Å². The molecule has 4 nitrogen and oxygen atoms in total. The summed E-state index contributed by atoms with van der Waals surface area (Å²) in [6.45, 7) is 0. The molecule has 0 bridgehead atoms. The number of benzene rings is 7. The standard InChI is InChI=1S/C49H34N4/c1-3-12-38(13-4-1)47-50-48(39-14-5-2-6-15-39)52-49(51-47)40-25-23-35(24-26-40)33-19-21-34(22-20-33)36-27-30-41(31-28-36)53-45-18-10-9-17-43(45)44-32-29-37-11-7-8-16-42(37)46(44)53/h1-23,25,27-32H,24,26H2. The van der Waals surface area contributed by atoms with Gasteiger partial charge in [-0.05, 0) is 64.3 Å².